The zero-order chi connectivity index (χ0) is 15.8. The summed E-state index contributed by atoms with van der Waals surface area (Å²) in [6, 6.07) is 7.36. The van der Waals surface area contributed by atoms with Gasteiger partial charge in [0, 0.05) is 10.5 Å². The second-order valence-corrected chi connectivity index (χ2v) is 5.05. The molecule has 0 atom stereocenters. The summed E-state index contributed by atoms with van der Waals surface area (Å²) < 4.78 is 4.60. The number of thioether (sulfide) groups is 1. The highest BCUT2D eigenvalue weighted by atomic mass is 32.2. The van der Waals surface area contributed by atoms with Gasteiger partial charge < -0.3 is 9.84 Å². The molecule has 0 aliphatic rings. The number of carbonyl (C=O) groups is 2. The molecule has 0 fully saturated rings. The van der Waals surface area contributed by atoms with Crippen molar-refractivity contribution in [2.24, 2.45) is 0 Å². The van der Waals surface area contributed by atoms with Gasteiger partial charge >= 0.3 is 5.97 Å². The van der Waals surface area contributed by atoms with E-state index in [1.807, 2.05) is 19.1 Å². The Kier molecular flexibility index (Phi) is 6.75. The van der Waals surface area contributed by atoms with Crippen LogP contribution in [-0.2, 0) is 14.3 Å². The first-order valence-corrected chi connectivity index (χ1v) is 7.65. The third-order valence-corrected chi connectivity index (χ3v) is 3.41. The molecule has 4 nitrogen and oxygen atoms in total. The van der Waals surface area contributed by atoms with E-state index in [1.165, 1.54) is 17.8 Å². The summed E-state index contributed by atoms with van der Waals surface area (Å²) in [6.45, 7) is 3.74. The highest BCUT2D eigenvalue weighted by molar-refractivity contribution is 8.02. The lowest BCUT2D eigenvalue weighted by atomic mass is 10.1. The summed E-state index contributed by atoms with van der Waals surface area (Å²) in [5.74, 6) is -1.58. The third-order valence-electron chi connectivity index (χ3n) is 2.64. The Morgan fingerprint density at radius 2 is 1.86 bits per heavy atom. The van der Waals surface area contributed by atoms with Gasteiger partial charge in [0.05, 0.1) is 6.61 Å². The van der Waals surface area contributed by atoms with Crippen LogP contribution in [0.15, 0.2) is 41.3 Å². The fraction of sp³-hybridized carbons (Fsp3) is 0.250. The van der Waals surface area contributed by atoms with Crippen molar-refractivity contribution in [1.29, 1.82) is 0 Å². The Bertz CT molecular complexity index is 570. The lowest BCUT2D eigenvalue weighted by molar-refractivity contribution is -0.151. The molecule has 21 heavy (non-hydrogen) atoms. The number of rotatable bonds is 6. The smallest absolute Gasteiger partial charge is 0.379 e. The SMILES string of the molecule is CCOC(=O)C(=O)C=CC(SC)=C(O)c1ccc(C)cc1. The van der Waals surface area contributed by atoms with E-state index in [2.05, 4.69) is 4.74 Å². The molecule has 5 heteroatoms. The van der Waals surface area contributed by atoms with Gasteiger partial charge in [-0.05, 0) is 32.3 Å². The van der Waals surface area contributed by atoms with Gasteiger partial charge in [-0.3, -0.25) is 4.79 Å². The normalized spacial score (nSPS) is 12.1. The Balaban J connectivity index is 2.95. The maximum atomic E-state index is 11.5. The predicted octanol–water partition coefficient (Wildman–Crippen LogP) is 3.27. The molecule has 0 radical (unpaired) electrons. The molecular weight excluding hydrogens is 288 g/mol. The number of ketones is 1. The minimum Gasteiger partial charge on any atom is -0.506 e. The predicted molar refractivity (Wildman–Crippen MR) is 85.0 cm³/mol. The van der Waals surface area contributed by atoms with Crippen LogP contribution in [0.4, 0.5) is 0 Å². The number of hydrogen-bond donors (Lipinski definition) is 1. The fourth-order valence-electron chi connectivity index (χ4n) is 1.52. The Morgan fingerprint density at radius 1 is 1.24 bits per heavy atom. The molecule has 0 saturated heterocycles. The van der Waals surface area contributed by atoms with Crippen LogP contribution in [0.3, 0.4) is 0 Å². The number of aryl methyl sites for hydroxylation is 1. The Hall–Kier alpha value is -2.01. The van der Waals surface area contributed by atoms with E-state index >= 15 is 0 Å². The van der Waals surface area contributed by atoms with Crippen molar-refractivity contribution >= 4 is 29.3 Å². The quantitative estimate of drug-likeness (QED) is 0.287. The molecule has 0 unspecified atom stereocenters. The number of allylic oxidation sites excluding steroid dienone is 1. The fourth-order valence-corrected chi connectivity index (χ4v) is 2.03. The minimum absolute atomic E-state index is 0.0652. The Labute approximate surface area is 128 Å². The largest absolute Gasteiger partial charge is 0.506 e. The van der Waals surface area contributed by atoms with E-state index in [9.17, 15) is 14.7 Å². The molecule has 0 amide bonds. The van der Waals surface area contributed by atoms with Gasteiger partial charge in [-0.25, -0.2) is 4.79 Å². The summed E-state index contributed by atoms with van der Waals surface area (Å²) in [7, 11) is 0. The van der Waals surface area contributed by atoms with Crippen LogP contribution in [0.25, 0.3) is 5.76 Å². The molecule has 1 N–H and O–H groups in total. The summed E-state index contributed by atoms with van der Waals surface area (Å²) in [4.78, 5) is 23.2. The molecular formula is C16H18O4S. The maximum Gasteiger partial charge on any atom is 0.379 e. The number of hydrogen-bond acceptors (Lipinski definition) is 5. The third kappa shape index (κ3) is 5.11. The van der Waals surface area contributed by atoms with E-state index in [0.717, 1.165) is 11.6 Å². The van der Waals surface area contributed by atoms with Gasteiger partial charge in [0.1, 0.15) is 5.76 Å². The maximum absolute atomic E-state index is 11.5. The van der Waals surface area contributed by atoms with Gasteiger partial charge in [0.15, 0.2) is 0 Å². The van der Waals surface area contributed by atoms with Gasteiger partial charge in [0.25, 0.3) is 5.78 Å². The van der Waals surface area contributed by atoms with Gasteiger partial charge in [-0.2, -0.15) is 0 Å². The number of aliphatic hydroxyl groups is 1. The zero-order valence-electron chi connectivity index (χ0n) is 12.3. The molecule has 0 aliphatic heterocycles. The van der Waals surface area contributed by atoms with Crippen molar-refractivity contribution in [2.45, 2.75) is 13.8 Å². The van der Waals surface area contributed by atoms with Crippen LogP contribution in [0, 0.1) is 6.92 Å². The van der Waals surface area contributed by atoms with Crippen LogP contribution in [0.1, 0.15) is 18.1 Å². The average Bonchev–Trinajstić information content (AvgIpc) is 2.48. The molecule has 1 aromatic rings. The van der Waals surface area contributed by atoms with Gasteiger partial charge in [-0.15, -0.1) is 11.8 Å². The molecule has 0 saturated carbocycles. The summed E-state index contributed by atoms with van der Waals surface area (Å²) in [6.07, 6.45) is 4.30. The summed E-state index contributed by atoms with van der Waals surface area (Å²) >= 11 is 1.28. The summed E-state index contributed by atoms with van der Waals surface area (Å²) in [5.41, 5.74) is 1.74. The van der Waals surface area contributed by atoms with Crippen molar-refractivity contribution in [1.82, 2.24) is 0 Å². The van der Waals surface area contributed by atoms with E-state index in [0.29, 0.717) is 10.5 Å². The number of ether oxygens (including phenoxy) is 1. The van der Waals surface area contributed by atoms with Crippen molar-refractivity contribution < 1.29 is 19.4 Å². The topological polar surface area (TPSA) is 63.6 Å². The molecule has 1 aromatic carbocycles. The van der Waals surface area contributed by atoms with Crippen LogP contribution >= 0.6 is 11.8 Å². The van der Waals surface area contributed by atoms with Crippen molar-refractivity contribution in [3.8, 4) is 0 Å². The molecule has 0 bridgehead atoms. The second-order valence-electron chi connectivity index (χ2n) is 4.20. The molecule has 0 aromatic heterocycles. The van der Waals surface area contributed by atoms with Crippen LogP contribution in [0.5, 0.6) is 0 Å². The first-order chi connectivity index (χ1) is 9.99. The van der Waals surface area contributed by atoms with Crippen LogP contribution in [0.2, 0.25) is 0 Å². The molecule has 112 valence electrons. The highest BCUT2D eigenvalue weighted by Crippen LogP contribution is 2.24. The minimum atomic E-state index is -0.899. The van der Waals surface area contributed by atoms with Gasteiger partial charge in [-0.1, -0.05) is 29.8 Å². The van der Waals surface area contributed by atoms with E-state index in [1.54, 1.807) is 25.3 Å². The standard InChI is InChI=1S/C16H18O4S/c1-4-20-16(19)13(17)9-10-14(21-3)15(18)12-7-5-11(2)6-8-12/h5-10,18H,4H2,1-3H3. The van der Waals surface area contributed by atoms with Crippen molar-refractivity contribution in [3.05, 3.63) is 52.4 Å². The molecule has 0 spiro atoms. The van der Waals surface area contributed by atoms with Crippen molar-refractivity contribution in [2.75, 3.05) is 12.9 Å². The zero-order valence-corrected chi connectivity index (χ0v) is 13.1. The summed E-state index contributed by atoms with van der Waals surface area (Å²) in [5, 5.41) is 10.2. The monoisotopic (exact) mass is 306 g/mol. The molecule has 1 rings (SSSR count). The first kappa shape index (κ1) is 17.0. The number of carbonyl (C=O) groups excluding carboxylic acids is 2. The highest BCUT2D eigenvalue weighted by Gasteiger charge is 2.11. The average molecular weight is 306 g/mol. The number of benzene rings is 1. The number of aliphatic hydroxyl groups excluding tert-OH is 1. The van der Waals surface area contributed by atoms with E-state index in [-0.39, 0.29) is 12.4 Å². The Morgan fingerprint density at radius 3 is 2.38 bits per heavy atom. The molecule has 0 aliphatic carbocycles. The van der Waals surface area contributed by atoms with Crippen LogP contribution in [-0.4, -0.2) is 29.7 Å². The first-order valence-electron chi connectivity index (χ1n) is 6.43. The number of esters is 1. The van der Waals surface area contributed by atoms with Crippen LogP contribution < -0.4 is 0 Å². The van der Waals surface area contributed by atoms with Gasteiger partial charge in [0.2, 0.25) is 0 Å². The lowest BCUT2D eigenvalue weighted by Crippen LogP contribution is -2.14. The van der Waals surface area contributed by atoms with Crippen molar-refractivity contribution in [3.63, 3.8) is 0 Å². The second kappa shape index (κ2) is 8.32. The van der Waals surface area contributed by atoms with E-state index < -0.39 is 11.8 Å². The molecule has 0 heterocycles. The van der Waals surface area contributed by atoms with E-state index in [4.69, 9.17) is 0 Å². The lowest BCUT2D eigenvalue weighted by Gasteiger charge is -2.05.